The Labute approximate surface area is 129 Å². The number of fused-ring (bicyclic) bond motifs is 1. The Balaban J connectivity index is 1.69. The van der Waals surface area contributed by atoms with Crippen molar-refractivity contribution in [3.05, 3.63) is 28.8 Å². The highest BCUT2D eigenvalue weighted by Gasteiger charge is 2.40. The third-order valence-corrected chi connectivity index (χ3v) is 5.05. The molecule has 0 aromatic heterocycles. The maximum atomic E-state index is 11.1. The maximum absolute atomic E-state index is 11.1. The number of piperidine rings is 1. The van der Waals surface area contributed by atoms with Crippen LogP contribution in [-0.2, 0) is 11.2 Å². The van der Waals surface area contributed by atoms with Crippen molar-refractivity contribution in [3.8, 4) is 5.75 Å². The monoisotopic (exact) mass is 309 g/mol. The first-order valence-corrected chi connectivity index (χ1v) is 7.81. The predicted octanol–water partition coefficient (Wildman–Crippen LogP) is 2.97. The number of carbonyl (C=O) groups is 1. The van der Waals surface area contributed by atoms with Crippen molar-refractivity contribution in [2.24, 2.45) is 0 Å². The normalized spacial score (nSPS) is 22.4. The standard InChI is InChI=1S/C16H20ClNO3/c1-11(15(19)20)18-8-6-16(7-9-18)5-4-12-10-13(17)2-3-14(12)21-16/h2-3,10-11H,4-9H2,1H3,(H,19,20). The van der Waals surface area contributed by atoms with Gasteiger partial charge < -0.3 is 9.84 Å². The molecule has 3 rings (SSSR count). The second-order valence-electron chi connectivity index (χ2n) is 6.09. The van der Waals surface area contributed by atoms with Gasteiger partial charge in [0.05, 0.1) is 0 Å². The SMILES string of the molecule is CC(C(=O)O)N1CCC2(CCc3cc(Cl)ccc3O2)CC1. The molecule has 0 radical (unpaired) electrons. The van der Waals surface area contributed by atoms with Gasteiger partial charge in [0.2, 0.25) is 0 Å². The van der Waals surface area contributed by atoms with E-state index in [1.165, 1.54) is 5.56 Å². The van der Waals surface area contributed by atoms with Gasteiger partial charge in [0.1, 0.15) is 17.4 Å². The molecular formula is C16H20ClNO3. The Kier molecular flexibility index (Phi) is 3.84. The summed E-state index contributed by atoms with van der Waals surface area (Å²) in [5, 5.41) is 9.86. The average molecular weight is 310 g/mol. The number of carboxylic acids is 1. The van der Waals surface area contributed by atoms with Gasteiger partial charge in [0, 0.05) is 18.1 Å². The van der Waals surface area contributed by atoms with Crippen LogP contribution >= 0.6 is 11.6 Å². The molecule has 1 atom stereocenters. The number of aryl methyl sites for hydroxylation is 1. The van der Waals surface area contributed by atoms with Gasteiger partial charge >= 0.3 is 5.97 Å². The molecule has 4 nitrogen and oxygen atoms in total. The molecule has 0 amide bonds. The molecule has 0 bridgehead atoms. The number of aliphatic carboxylic acids is 1. The van der Waals surface area contributed by atoms with Crippen molar-refractivity contribution >= 4 is 17.6 Å². The summed E-state index contributed by atoms with van der Waals surface area (Å²) in [5.74, 6) is 0.181. The lowest BCUT2D eigenvalue weighted by atomic mass is 9.83. The summed E-state index contributed by atoms with van der Waals surface area (Å²) in [4.78, 5) is 13.1. The highest BCUT2D eigenvalue weighted by atomic mass is 35.5. The number of ether oxygens (including phenoxy) is 1. The van der Waals surface area contributed by atoms with Crippen LogP contribution in [0.5, 0.6) is 5.75 Å². The number of hydrogen-bond donors (Lipinski definition) is 1. The summed E-state index contributed by atoms with van der Waals surface area (Å²) < 4.78 is 6.27. The van der Waals surface area contributed by atoms with Gasteiger partial charge in [-0.25, -0.2) is 0 Å². The summed E-state index contributed by atoms with van der Waals surface area (Å²) >= 11 is 6.02. The van der Waals surface area contributed by atoms with Crippen molar-refractivity contribution in [3.63, 3.8) is 0 Å². The van der Waals surface area contributed by atoms with Gasteiger partial charge in [-0.2, -0.15) is 0 Å². The van der Waals surface area contributed by atoms with Crippen molar-refractivity contribution in [2.45, 2.75) is 44.2 Å². The molecular weight excluding hydrogens is 290 g/mol. The number of rotatable bonds is 2. The molecule has 114 valence electrons. The topological polar surface area (TPSA) is 49.8 Å². The molecule has 2 heterocycles. The van der Waals surface area contributed by atoms with E-state index in [1.807, 2.05) is 23.1 Å². The van der Waals surface area contributed by atoms with Gasteiger partial charge in [-0.15, -0.1) is 0 Å². The lowest BCUT2D eigenvalue weighted by Crippen LogP contribution is -2.53. The predicted molar refractivity (Wildman–Crippen MR) is 81.0 cm³/mol. The third-order valence-electron chi connectivity index (χ3n) is 4.81. The van der Waals surface area contributed by atoms with E-state index >= 15 is 0 Å². The van der Waals surface area contributed by atoms with E-state index in [0.29, 0.717) is 0 Å². The molecule has 0 saturated carbocycles. The van der Waals surface area contributed by atoms with Gasteiger partial charge in [0.15, 0.2) is 0 Å². The molecule has 2 aliphatic heterocycles. The highest BCUT2D eigenvalue weighted by Crippen LogP contribution is 2.40. The number of benzene rings is 1. The van der Waals surface area contributed by atoms with Crippen LogP contribution in [-0.4, -0.2) is 40.7 Å². The van der Waals surface area contributed by atoms with Gasteiger partial charge in [-0.05, 0) is 56.4 Å². The van der Waals surface area contributed by atoms with Crippen LogP contribution < -0.4 is 4.74 Å². The first kappa shape index (κ1) is 14.7. The zero-order valence-electron chi connectivity index (χ0n) is 12.1. The summed E-state index contributed by atoms with van der Waals surface area (Å²) in [5.41, 5.74) is 1.05. The second kappa shape index (κ2) is 5.50. The first-order valence-electron chi connectivity index (χ1n) is 7.43. The number of nitrogens with zero attached hydrogens (tertiary/aromatic N) is 1. The van der Waals surface area contributed by atoms with Crippen LogP contribution in [0.2, 0.25) is 5.02 Å². The number of hydrogen-bond acceptors (Lipinski definition) is 3. The summed E-state index contributed by atoms with van der Waals surface area (Å²) in [6.07, 6.45) is 3.72. The zero-order chi connectivity index (χ0) is 15.0. The Bertz CT molecular complexity index is 552. The fourth-order valence-electron chi connectivity index (χ4n) is 3.32. The van der Waals surface area contributed by atoms with Crippen molar-refractivity contribution in [1.29, 1.82) is 0 Å². The fourth-order valence-corrected chi connectivity index (χ4v) is 3.51. The molecule has 1 aromatic carbocycles. The van der Waals surface area contributed by atoms with Crippen LogP contribution in [0.3, 0.4) is 0 Å². The minimum Gasteiger partial charge on any atom is -0.487 e. The Hall–Kier alpha value is -1.26. The second-order valence-corrected chi connectivity index (χ2v) is 6.52. The molecule has 1 fully saturated rings. The molecule has 5 heteroatoms. The third kappa shape index (κ3) is 2.87. The molecule has 1 aromatic rings. The molecule has 1 N–H and O–H groups in total. The van der Waals surface area contributed by atoms with Crippen molar-refractivity contribution < 1.29 is 14.6 Å². The molecule has 21 heavy (non-hydrogen) atoms. The quantitative estimate of drug-likeness (QED) is 0.912. The van der Waals surface area contributed by atoms with E-state index in [1.54, 1.807) is 6.92 Å². The molecule has 1 unspecified atom stereocenters. The minimum absolute atomic E-state index is 0.129. The van der Waals surface area contributed by atoms with Crippen molar-refractivity contribution in [1.82, 2.24) is 4.90 Å². The Morgan fingerprint density at radius 1 is 1.38 bits per heavy atom. The fraction of sp³-hybridized carbons (Fsp3) is 0.562. The van der Waals surface area contributed by atoms with Crippen LogP contribution in [0.25, 0.3) is 0 Å². The van der Waals surface area contributed by atoms with E-state index in [-0.39, 0.29) is 5.60 Å². The molecule has 1 spiro atoms. The first-order chi connectivity index (χ1) is 9.99. The number of carboxylic acid groups (broad SMARTS) is 1. The Morgan fingerprint density at radius 3 is 2.76 bits per heavy atom. The number of halogens is 1. The van der Waals surface area contributed by atoms with E-state index in [0.717, 1.165) is 49.5 Å². The van der Waals surface area contributed by atoms with E-state index in [2.05, 4.69) is 0 Å². The van der Waals surface area contributed by atoms with Gasteiger partial charge in [0.25, 0.3) is 0 Å². The highest BCUT2D eigenvalue weighted by molar-refractivity contribution is 6.30. The van der Waals surface area contributed by atoms with Gasteiger partial charge in [-0.1, -0.05) is 11.6 Å². The Morgan fingerprint density at radius 2 is 2.10 bits per heavy atom. The van der Waals surface area contributed by atoms with E-state index in [4.69, 9.17) is 21.4 Å². The molecule has 2 aliphatic rings. The van der Waals surface area contributed by atoms with E-state index in [9.17, 15) is 4.79 Å². The van der Waals surface area contributed by atoms with Crippen LogP contribution in [0, 0.1) is 0 Å². The summed E-state index contributed by atoms with van der Waals surface area (Å²) in [6, 6.07) is 5.37. The summed E-state index contributed by atoms with van der Waals surface area (Å²) in [6.45, 7) is 3.30. The van der Waals surface area contributed by atoms with Crippen molar-refractivity contribution in [2.75, 3.05) is 13.1 Å². The van der Waals surface area contributed by atoms with Crippen LogP contribution in [0.15, 0.2) is 18.2 Å². The van der Waals surface area contributed by atoms with Crippen LogP contribution in [0.4, 0.5) is 0 Å². The molecule has 1 saturated heterocycles. The average Bonchev–Trinajstić information content (AvgIpc) is 2.48. The van der Waals surface area contributed by atoms with Gasteiger partial charge in [-0.3, -0.25) is 9.69 Å². The lowest BCUT2D eigenvalue weighted by Gasteiger charge is -2.45. The molecule has 0 aliphatic carbocycles. The smallest absolute Gasteiger partial charge is 0.320 e. The zero-order valence-corrected chi connectivity index (χ0v) is 12.9. The summed E-state index contributed by atoms with van der Waals surface area (Å²) in [7, 11) is 0. The maximum Gasteiger partial charge on any atom is 0.320 e. The van der Waals surface area contributed by atoms with Crippen LogP contribution in [0.1, 0.15) is 31.7 Å². The largest absolute Gasteiger partial charge is 0.487 e. The minimum atomic E-state index is -0.754. The lowest BCUT2D eigenvalue weighted by molar-refractivity contribution is -0.144. The van der Waals surface area contributed by atoms with E-state index < -0.39 is 12.0 Å². The number of likely N-dealkylation sites (tertiary alicyclic amines) is 1.